The summed E-state index contributed by atoms with van der Waals surface area (Å²) in [6.07, 6.45) is -4.56. The van der Waals surface area contributed by atoms with Crippen LogP contribution in [-0.4, -0.2) is 17.7 Å². The standard InChI is InChI=1S/C24H17F3N2O4/c1-2-32-23(31)17-9-12-6-7-15-20(13-4-3-5-14(8-13)24(25,26)27)18(11-28)22(29)33-21(15)16(12)10-19(17)30/h3-10,20,30H,2,29H2,1H3. The molecule has 6 nitrogen and oxygen atoms in total. The topological polar surface area (TPSA) is 106 Å². The van der Waals surface area contributed by atoms with Gasteiger partial charge < -0.3 is 20.3 Å². The molecule has 0 spiro atoms. The first-order valence-corrected chi connectivity index (χ1v) is 9.87. The molecule has 3 aromatic rings. The lowest BCUT2D eigenvalue weighted by Crippen LogP contribution is -2.21. The van der Waals surface area contributed by atoms with Gasteiger partial charge in [0.15, 0.2) is 0 Å². The first kappa shape index (κ1) is 22.0. The highest BCUT2D eigenvalue weighted by Crippen LogP contribution is 2.47. The number of phenols is 1. The zero-order valence-corrected chi connectivity index (χ0v) is 17.2. The summed E-state index contributed by atoms with van der Waals surface area (Å²) < 4.78 is 50.5. The third-order valence-corrected chi connectivity index (χ3v) is 5.36. The maximum atomic E-state index is 13.3. The van der Waals surface area contributed by atoms with Gasteiger partial charge in [0.2, 0.25) is 5.88 Å². The van der Waals surface area contributed by atoms with Crippen LogP contribution in [0.25, 0.3) is 10.8 Å². The number of carbonyl (C=O) groups excluding carboxylic acids is 1. The molecule has 9 heteroatoms. The largest absolute Gasteiger partial charge is 0.507 e. The van der Waals surface area contributed by atoms with Crippen LogP contribution in [0, 0.1) is 11.3 Å². The lowest BCUT2D eigenvalue weighted by atomic mass is 9.82. The highest BCUT2D eigenvalue weighted by Gasteiger charge is 2.35. The number of carbonyl (C=O) groups is 1. The molecule has 33 heavy (non-hydrogen) atoms. The van der Waals surface area contributed by atoms with Crippen molar-refractivity contribution in [2.24, 2.45) is 5.73 Å². The second-order valence-electron chi connectivity index (χ2n) is 7.34. The molecule has 1 atom stereocenters. The summed E-state index contributed by atoms with van der Waals surface area (Å²) in [6, 6.07) is 12.5. The van der Waals surface area contributed by atoms with Crippen LogP contribution in [0.2, 0.25) is 0 Å². The number of hydrogen-bond donors (Lipinski definition) is 2. The van der Waals surface area contributed by atoms with Crippen LogP contribution >= 0.6 is 0 Å². The highest BCUT2D eigenvalue weighted by molar-refractivity contribution is 6.01. The van der Waals surface area contributed by atoms with E-state index in [0.717, 1.165) is 12.1 Å². The number of halogens is 3. The van der Waals surface area contributed by atoms with E-state index in [1.165, 1.54) is 24.3 Å². The fraction of sp³-hybridized carbons (Fsp3) is 0.167. The Hall–Kier alpha value is -4.19. The van der Waals surface area contributed by atoms with Crippen molar-refractivity contribution in [3.8, 4) is 17.6 Å². The van der Waals surface area contributed by atoms with E-state index >= 15 is 0 Å². The minimum atomic E-state index is -4.56. The molecule has 0 saturated carbocycles. The van der Waals surface area contributed by atoms with Crippen molar-refractivity contribution in [1.82, 2.24) is 0 Å². The van der Waals surface area contributed by atoms with Crippen molar-refractivity contribution in [2.45, 2.75) is 19.0 Å². The van der Waals surface area contributed by atoms with E-state index in [1.54, 1.807) is 19.1 Å². The number of ether oxygens (including phenoxy) is 2. The predicted octanol–water partition coefficient (Wildman–Crippen LogP) is 4.96. The van der Waals surface area contributed by atoms with Crippen molar-refractivity contribution >= 4 is 16.7 Å². The lowest BCUT2D eigenvalue weighted by Gasteiger charge is -2.28. The van der Waals surface area contributed by atoms with Gasteiger partial charge in [-0.3, -0.25) is 0 Å². The van der Waals surface area contributed by atoms with Gasteiger partial charge in [0.1, 0.15) is 28.7 Å². The van der Waals surface area contributed by atoms with Crippen molar-refractivity contribution in [1.29, 1.82) is 5.26 Å². The zero-order chi connectivity index (χ0) is 23.9. The van der Waals surface area contributed by atoms with E-state index in [4.69, 9.17) is 15.2 Å². The molecule has 4 rings (SSSR count). The number of hydrogen-bond acceptors (Lipinski definition) is 6. The summed E-state index contributed by atoms with van der Waals surface area (Å²) >= 11 is 0. The second kappa shape index (κ2) is 8.06. The molecule has 0 aromatic heterocycles. The monoisotopic (exact) mass is 454 g/mol. The van der Waals surface area contributed by atoms with Crippen LogP contribution in [-0.2, 0) is 10.9 Å². The number of phenolic OH excluding ortho intramolecular Hbond substituents is 1. The van der Waals surface area contributed by atoms with E-state index < -0.39 is 23.6 Å². The van der Waals surface area contributed by atoms with Gasteiger partial charge in [-0.25, -0.2) is 4.79 Å². The lowest BCUT2D eigenvalue weighted by molar-refractivity contribution is -0.137. The normalized spacial score (nSPS) is 15.5. The Morgan fingerprint density at radius 2 is 2.00 bits per heavy atom. The number of nitriles is 1. The summed E-state index contributed by atoms with van der Waals surface area (Å²) in [4.78, 5) is 12.1. The van der Waals surface area contributed by atoms with Crippen molar-refractivity contribution in [3.05, 3.63) is 82.2 Å². The average Bonchev–Trinajstić information content (AvgIpc) is 2.77. The number of fused-ring (bicyclic) bond motifs is 3. The number of allylic oxidation sites excluding steroid dienone is 1. The number of rotatable bonds is 3. The Labute approximate surface area is 186 Å². The zero-order valence-electron chi connectivity index (χ0n) is 17.2. The molecule has 0 aliphatic carbocycles. The smallest absolute Gasteiger partial charge is 0.416 e. The van der Waals surface area contributed by atoms with Crippen LogP contribution in [0.4, 0.5) is 13.2 Å². The Bertz CT molecular complexity index is 1360. The Morgan fingerprint density at radius 3 is 2.67 bits per heavy atom. The molecule has 1 heterocycles. The Balaban J connectivity index is 1.93. The van der Waals surface area contributed by atoms with Crippen LogP contribution in [0.5, 0.6) is 11.5 Å². The molecule has 3 N–H and O–H groups in total. The third-order valence-electron chi connectivity index (χ3n) is 5.36. The van der Waals surface area contributed by atoms with Gasteiger partial charge >= 0.3 is 12.1 Å². The minimum Gasteiger partial charge on any atom is -0.507 e. The van der Waals surface area contributed by atoms with Crippen LogP contribution in [0.3, 0.4) is 0 Å². The van der Waals surface area contributed by atoms with E-state index in [1.807, 2.05) is 6.07 Å². The van der Waals surface area contributed by atoms with Gasteiger partial charge in [-0.2, -0.15) is 18.4 Å². The molecule has 1 aliphatic rings. The van der Waals surface area contributed by atoms with Gasteiger partial charge in [0.25, 0.3) is 0 Å². The first-order valence-electron chi connectivity index (χ1n) is 9.87. The van der Waals surface area contributed by atoms with Crippen LogP contribution in [0.15, 0.2) is 60.0 Å². The molecule has 1 unspecified atom stereocenters. The number of esters is 1. The van der Waals surface area contributed by atoms with Crippen molar-refractivity contribution < 1.29 is 32.5 Å². The molecule has 0 fully saturated rings. The van der Waals surface area contributed by atoms with Gasteiger partial charge in [-0.15, -0.1) is 0 Å². The molecule has 0 bridgehead atoms. The first-order chi connectivity index (χ1) is 15.7. The van der Waals surface area contributed by atoms with Crippen LogP contribution < -0.4 is 10.5 Å². The second-order valence-corrected chi connectivity index (χ2v) is 7.34. The number of benzene rings is 3. The number of aromatic hydroxyl groups is 1. The van der Waals surface area contributed by atoms with Gasteiger partial charge in [0.05, 0.1) is 18.1 Å². The Kier molecular flexibility index (Phi) is 5.38. The SMILES string of the molecule is CCOC(=O)c1cc2ccc3c(c2cc1O)OC(N)=C(C#N)C3c1cccc(C(F)(F)F)c1. The molecule has 168 valence electrons. The average molecular weight is 454 g/mol. The summed E-state index contributed by atoms with van der Waals surface area (Å²) in [7, 11) is 0. The highest BCUT2D eigenvalue weighted by atomic mass is 19.4. The molecule has 3 aromatic carbocycles. The molecular weight excluding hydrogens is 437 g/mol. The Morgan fingerprint density at radius 1 is 1.24 bits per heavy atom. The fourth-order valence-corrected chi connectivity index (χ4v) is 3.89. The summed E-state index contributed by atoms with van der Waals surface area (Å²) in [6.45, 7) is 1.76. The third kappa shape index (κ3) is 3.80. The number of alkyl halides is 3. The maximum absolute atomic E-state index is 13.3. The van der Waals surface area contributed by atoms with Crippen molar-refractivity contribution in [3.63, 3.8) is 0 Å². The predicted molar refractivity (Wildman–Crippen MR) is 112 cm³/mol. The summed E-state index contributed by atoms with van der Waals surface area (Å²) in [5, 5.41) is 21.0. The van der Waals surface area contributed by atoms with Gasteiger partial charge in [0, 0.05) is 10.9 Å². The summed E-state index contributed by atoms with van der Waals surface area (Å²) in [5.41, 5.74) is 5.65. The van der Waals surface area contributed by atoms with Gasteiger partial charge in [-0.05, 0) is 36.1 Å². The summed E-state index contributed by atoms with van der Waals surface area (Å²) in [5.74, 6) is -2.06. The van der Waals surface area contributed by atoms with Crippen LogP contribution in [0.1, 0.15) is 39.9 Å². The quantitative estimate of drug-likeness (QED) is 0.542. The molecule has 0 amide bonds. The fourth-order valence-electron chi connectivity index (χ4n) is 3.89. The van der Waals surface area contributed by atoms with Gasteiger partial charge in [-0.1, -0.05) is 30.3 Å². The number of nitrogens with zero attached hydrogens (tertiary/aromatic N) is 1. The van der Waals surface area contributed by atoms with Crippen molar-refractivity contribution in [2.75, 3.05) is 6.61 Å². The maximum Gasteiger partial charge on any atom is 0.416 e. The minimum absolute atomic E-state index is 0.0338. The molecular formula is C24H17F3N2O4. The molecule has 0 radical (unpaired) electrons. The van der Waals surface area contributed by atoms with E-state index in [-0.39, 0.29) is 40.7 Å². The van der Waals surface area contributed by atoms with E-state index in [0.29, 0.717) is 16.3 Å². The molecule has 0 saturated heterocycles. The molecule has 1 aliphatic heterocycles. The number of nitrogens with two attached hydrogens (primary N) is 1. The van der Waals surface area contributed by atoms with E-state index in [9.17, 15) is 28.3 Å². The van der Waals surface area contributed by atoms with E-state index in [2.05, 4.69) is 0 Å².